The number of phenols is 1. The van der Waals surface area contributed by atoms with Crippen LogP contribution >= 0.6 is 0 Å². The molecule has 0 bridgehead atoms. The second kappa shape index (κ2) is 9.82. The van der Waals surface area contributed by atoms with Gasteiger partial charge in [0.25, 0.3) is 0 Å². The summed E-state index contributed by atoms with van der Waals surface area (Å²) in [6, 6.07) is 16.9. The fourth-order valence-electron chi connectivity index (χ4n) is 2.74. The number of amides is 2. The maximum absolute atomic E-state index is 12.9. The van der Waals surface area contributed by atoms with Gasteiger partial charge in [-0.3, -0.25) is 0 Å². The minimum atomic E-state index is -0.0827. The Hall–Kier alpha value is -2.53. The molecule has 2 N–H and O–H groups in total. The normalized spacial score (nSPS) is 12.0. The summed E-state index contributed by atoms with van der Waals surface area (Å²) in [4.78, 5) is 16.8. The molecule has 0 aliphatic rings. The molecule has 0 fully saturated rings. The van der Waals surface area contributed by atoms with E-state index in [4.69, 9.17) is 0 Å². The van der Waals surface area contributed by atoms with Gasteiger partial charge in [0.05, 0.1) is 6.04 Å². The number of urea groups is 1. The number of phenolic OH excluding ortho intramolecular Hbond substituents is 1. The van der Waals surface area contributed by atoms with Gasteiger partial charge in [-0.05, 0) is 43.8 Å². The minimum Gasteiger partial charge on any atom is -0.508 e. The number of nitrogens with one attached hydrogen (secondary N) is 1. The predicted octanol–water partition coefficient (Wildman–Crippen LogP) is 3.62. The van der Waals surface area contributed by atoms with Gasteiger partial charge in [-0.25, -0.2) is 4.79 Å². The summed E-state index contributed by atoms with van der Waals surface area (Å²) < 4.78 is 0. The highest BCUT2D eigenvalue weighted by Crippen LogP contribution is 2.20. The quantitative estimate of drug-likeness (QED) is 0.760. The number of hydrogen-bond donors (Lipinski definition) is 2. The Morgan fingerprint density at radius 1 is 1.04 bits per heavy atom. The van der Waals surface area contributed by atoms with Crippen LogP contribution in [0, 0.1) is 0 Å². The van der Waals surface area contributed by atoms with Gasteiger partial charge in [-0.1, -0.05) is 49.4 Å². The average Bonchev–Trinajstić information content (AvgIpc) is 2.64. The molecule has 2 rings (SSSR count). The van der Waals surface area contributed by atoms with Gasteiger partial charge in [-0.2, -0.15) is 0 Å². The van der Waals surface area contributed by atoms with Crippen molar-refractivity contribution in [2.75, 3.05) is 27.2 Å². The Bertz CT molecular complexity index is 671. The number of nitrogens with zero attached hydrogens (tertiary/aromatic N) is 2. The number of hydrogen-bond acceptors (Lipinski definition) is 3. The molecule has 140 valence electrons. The predicted molar refractivity (Wildman–Crippen MR) is 105 cm³/mol. The molecule has 5 heteroatoms. The molecule has 0 saturated carbocycles. The zero-order valence-electron chi connectivity index (χ0n) is 15.9. The summed E-state index contributed by atoms with van der Waals surface area (Å²) in [5.74, 6) is 0.228. The molecule has 5 nitrogen and oxygen atoms in total. The van der Waals surface area contributed by atoms with E-state index >= 15 is 0 Å². The fraction of sp³-hybridized carbons (Fsp3) is 0.381. The van der Waals surface area contributed by atoms with E-state index in [9.17, 15) is 9.90 Å². The van der Waals surface area contributed by atoms with Crippen molar-refractivity contribution in [3.8, 4) is 5.75 Å². The van der Waals surface area contributed by atoms with Crippen molar-refractivity contribution >= 4 is 6.03 Å². The standard InChI is InChI=1S/C21H29N3O2/c1-4-20(18-10-12-19(25)13-11-18)22-21(26)24(15-14-23(2)3)16-17-8-6-5-7-9-17/h5-13,20,25H,4,14-16H2,1-3H3,(H,22,26)/t20-/m0/s1. The highest BCUT2D eigenvalue weighted by Gasteiger charge is 2.18. The topological polar surface area (TPSA) is 55.8 Å². The van der Waals surface area contributed by atoms with Gasteiger partial charge in [0, 0.05) is 19.6 Å². The molecule has 1 atom stereocenters. The van der Waals surface area contributed by atoms with Crippen molar-refractivity contribution in [3.05, 3.63) is 65.7 Å². The van der Waals surface area contributed by atoms with Crippen LogP contribution in [0.4, 0.5) is 4.79 Å². The van der Waals surface area contributed by atoms with Crippen molar-refractivity contribution in [1.82, 2.24) is 15.1 Å². The van der Waals surface area contributed by atoms with Gasteiger partial charge < -0.3 is 20.2 Å². The number of benzene rings is 2. The van der Waals surface area contributed by atoms with E-state index in [1.54, 1.807) is 12.1 Å². The van der Waals surface area contributed by atoms with E-state index < -0.39 is 0 Å². The van der Waals surface area contributed by atoms with Gasteiger partial charge in [-0.15, -0.1) is 0 Å². The van der Waals surface area contributed by atoms with Crippen molar-refractivity contribution in [2.45, 2.75) is 25.9 Å². The molecule has 26 heavy (non-hydrogen) atoms. The molecular weight excluding hydrogens is 326 g/mol. The lowest BCUT2D eigenvalue weighted by atomic mass is 10.0. The van der Waals surface area contributed by atoms with E-state index in [-0.39, 0.29) is 17.8 Å². The lowest BCUT2D eigenvalue weighted by Gasteiger charge is -2.27. The fourth-order valence-corrected chi connectivity index (χ4v) is 2.74. The maximum Gasteiger partial charge on any atom is 0.318 e. The first-order chi connectivity index (χ1) is 12.5. The van der Waals surface area contributed by atoms with Gasteiger partial charge in [0.1, 0.15) is 5.75 Å². The highest BCUT2D eigenvalue weighted by atomic mass is 16.3. The van der Waals surface area contributed by atoms with Crippen LogP contribution in [0.25, 0.3) is 0 Å². The minimum absolute atomic E-state index is 0.0735. The molecule has 0 heterocycles. The van der Waals surface area contributed by atoms with Crippen molar-refractivity contribution in [3.63, 3.8) is 0 Å². The number of rotatable bonds is 8. The van der Waals surface area contributed by atoms with Crippen LogP contribution in [0.2, 0.25) is 0 Å². The number of carbonyl (C=O) groups is 1. The largest absolute Gasteiger partial charge is 0.508 e. The summed E-state index contributed by atoms with van der Waals surface area (Å²) in [6.45, 7) is 4.07. The molecular formula is C21H29N3O2. The summed E-state index contributed by atoms with van der Waals surface area (Å²) in [5, 5.41) is 12.6. The van der Waals surface area contributed by atoms with E-state index in [1.165, 1.54) is 0 Å². The summed E-state index contributed by atoms with van der Waals surface area (Å²) in [7, 11) is 4.01. The van der Waals surface area contributed by atoms with Crippen LogP contribution < -0.4 is 5.32 Å². The van der Waals surface area contributed by atoms with Crippen LogP contribution in [0.1, 0.15) is 30.5 Å². The molecule has 2 aromatic carbocycles. The molecule has 0 aliphatic heterocycles. The van der Waals surface area contributed by atoms with Crippen LogP contribution in [0.3, 0.4) is 0 Å². The first-order valence-corrected chi connectivity index (χ1v) is 9.02. The first kappa shape index (κ1) is 19.8. The second-order valence-corrected chi connectivity index (χ2v) is 6.71. The lowest BCUT2D eigenvalue weighted by molar-refractivity contribution is 0.184. The highest BCUT2D eigenvalue weighted by molar-refractivity contribution is 5.74. The molecule has 0 unspecified atom stereocenters. The molecule has 0 aliphatic carbocycles. The SMILES string of the molecule is CC[C@H](NC(=O)N(CCN(C)C)Cc1ccccc1)c1ccc(O)cc1. The van der Waals surface area contributed by atoms with Gasteiger partial charge in [0.2, 0.25) is 0 Å². The smallest absolute Gasteiger partial charge is 0.318 e. The summed E-state index contributed by atoms with van der Waals surface area (Å²) in [6.07, 6.45) is 0.781. The van der Waals surface area contributed by atoms with Crippen LogP contribution in [0.15, 0.2) is 54.6 Å². The van der Waals surface area contributed by atoms with Crippen molar-refractivity contribution < 1.29 is 9.90 Å². The molecule has 0 aromatic heterocycles. The third-order valence-electron chi connectivity index (χ3n) is 4.32. The Morgan fingerprint density at radius 3 is 2.27 bits per heavy atom. The van der Waals surface area contributed by atoms with E-state index in [2.05, 4.69) is 10.2 Å². The monoisotopic (exact) mass is 355 g/mol. The van der Waals surface area contributed by atoms with E-state index in [0.29, 0.717) is 13.1 Å². The van der Waals surface area contributed by atoms with Crippen LogP contribution in [-0.2, 0) is 6.54 Å². The van der Waals surface area contributed by atoms with Gasteiger partial charge >= 0.3 is 6.03 Å². The first-order valence-electron chi connectivity index (χ1n) is 9.02. The summed E-state index contributed by atoms with van der Waals surface area (Å²) in [5.41, 5.74) is 2.10. The number of aromatic hydroxyl groups is 1. The molecule has 0 saturated heterocycles. The third kappa shape index (κ3) is 6.08. The Labute approximate surface area is 156 Å². The van der Waals surface area contributed by atoms with Crippen LogP contribution in [-0.4, -0.2) is 48.1 Å². The number of likely N-dealkylation sites (N-methyl/N-ethyl adjacent to an activating group) is 1. The summed E-state index contributed by atoms with van der Waals surface area (Å²) >= 11 is 0. The molecule has 2 amide bonds. The van der Waals surface area contributed by atoms with E-state index in [0.717, 1.165) is 24.1 Å². The Kier molecular flexibility index (Phi) is 7.48. The van der Waals surface area contributed by atoms with Gasteiger partial charge in [0.15, 0.2) is 0 Å². The Morgan fingerprint density at radius 2 is 1.69 bits per heavy atom. The second-order valence-electron chi connectivity index (χ2n) is 6.71. The molecule has 2 aromatic rings. The van der Waals surface area contributed by atoms with Crippen molar-refractivity contribution in [1.29, 1.82) is 0 Å². The molecule has 0 spiro atoms. The lowest BCUT2D eigenvalue weighted by Crippen LogP contribution is -2.43. The molecule has 0 radical (unpaired) electrons. The number of carbonyl (C=O) groups excluding carboxylic acids is 1. The van der Waals surface area contributed by atoms with Crippen LogP contribution in [0.5, 0.6) is 5.75 Å². The average molecular weight is 355 g/mol. The van der Waals surface area contributed by atoms with E-state index in [1.807, 2.05) is 68.4 Å². The Balaban J connectivity index is 2.09. The van der Waals surface area contributed by atoms with Crippen molar-refractivity contribution in [2.24, 2.45) is 0 Å². The zero-order chi connectivity index (χ0) is 18.9. The third-order valence-corrected chi connectivity index (χ3v) is 4.32. The zero-order valence-corrected chi connectivity index (χ0v) is 15.9. The maximum atomic E-state index is 12.9.